The predicted octanol–water partition coefficient (Wildman–Crippen LogP) is 4.83. The minimum absolute atomic E-state index is 0.0209. The molecule has 0 saturated heterocycles. The maximum atomic E-state index is 12.0. The van der Waals surface area contributed by atoms with Crippen molar-refractivity contribution in [2.75, 3.05) is 12.4 Å². The van der Waals surface area contributed by atoms with Crippen LogP contribution in [0.5, 0.6) is 11.5 Å². The van der Waals surface area contributed by atoms with E-state index in [9.17, 15) is 9.90 Å². The number of thioether (sulfide) groups is 2. The lowest BCUT2D eigenvalue weighted by Gasteiger charge is -2.07. The Hall–Kier alpha value is -2.27. The predicted molar refractivity (Wildman–Crippen MR) is 127 cm³/mol. The van der Waals surface area contributed by atoms with Crippen LogP contribution in [0, 0.1) is 0 Å². The summed E-state index contributed by atoms with van der Waals surface area (Å²) in [5.41, 5.74) is 3.92. The van der Waals surface area contributed by atoms with Gasteiger partial charge in [-0.25, -0.2) is 5.43 Å². The number of nitrogens with one attached hydrogen (secondary N) is 1. The number of amides is 1. The highest BCUT2D eigenvalue weighted by molar-refractivity contribution is 8.03. The fraction of sp³-hybridized carbons (Fsp3) is 0.200. The second-order valence-corrected chi connectivity index (χ2v) is 9.75. The molecule has 0 aliphatic carbocycles. The summed E-state index contributed by atoms with van der Waals surface area (Å²) in [4.78, 5) is 12.0. The first kappa shape index (κ1) is 23.4. The highest BCUT2D eigenvalue weighted by Gasteiger charge is 2.10. The minimum atomic E-state index is -0.290. The van der Waals surface area contributed by atoms with Crippen LogP contribution >= 0.6 is 46.5 Å². The molecule has 1 aromatic heterocycles. The van der Waals surface area contributed by atoms with E-state index in [4.69, 9.17) is 16.3 Å². The number of phenolic OH excluding ortho intramolecular Hbond substituents is 1. The normalized spacial score (nSPS) is 11.0. The number of halogens is 1. The van der Waals surface area contributed by atoms with Gasteiger partial charge in [0.2, 0.25) is 0 Å². The van der Waals surface area contributed by atoms with Crippen LogP contribution in [0.4, 0.5) is 0 Å². The molecule has 2 N–H and O–H groups in total. The van der Waals surface area contributed by atoms with Crippen molar-refractivity contribution in [3.8, 4) is 11.5 Å². The number of phenols is 1. The number of hydrogen-bond acceptors (Lipinski definition) is 9. The summed E-state index contributed by atoms with van der Waals surface area (Å²) in [6.45, 7) is 2.27. The van der Waals surface area contributed by atoms with E-state index in [0.29, 0.717) is 28.0 Å². The van der Waals surface area contributed by atoms with Crippen LogP contribution in [0.15, 0.2) is 56.2 Å². The Labute approximate surface area is 197 Å². The summed E-state index contributed by atoms with van der Waals surface area (Å²) in [7, 11) is 0. The van der Waals surface area contributed by atoms with Crippen molar-refractivity contribution in [1.29, 1.82) is 0 Å². The van der Waals surface area contributed by atoms with E-state index < -0.39 is 0 Å². The fourth-order valence-electron chi connectivity index (χ4n) is 2.32. The zero-order chi connectivity index (χ0) is 22.1. The molecule has 0 bridgehead atoms. The van der Waals surface area contributed by atoms with Gasteiger partial charge in [-0.3, -0.25) is 4.79 Å². The average molecular weight is 495 g/mol. The van der Waals surface area contributed by atoms with Gasteiger partial charge in [0.15, 0.2) is 20.2 Å². The molecular weight excluding hydrogens is 476 g/mol. The summed E-state index contributed by atoms with van der Waals surface area (Å²) in [6, 6.07) is 12.7. The summed E-state index contributed by atoms with van der Waals surface area (Å²) >= 11 is 10.4. The van der Waals surface area contributed by atoms with Gasteiger partial charge < -0.3 is 9.84 Å². The van der Waals surface area contributed by atoms with Gasteiger partial charge in [-0.1, -0.05) is 70.7 Å². The molecule has 162 valence electrons. The molecule has 0 fully saturated rings. The maximum Gasteiger partial charge on any atom is 0.250 e. The van der Waals surface area contributed by atoms with Crippen LogP contribution in [0.25, 0.3) is 0 Å². The molecule has 2 aromatic carbocycles. The van der Waals surface area contributed by atoms with Gasteiger partial charge in [0.05, 0.1) is 18.6 Å². The van der Waals surface area contributed by atoms with Crippen molar-refractivity contribution < 1.29 is 14.6 Å². The van der Waals surface area contributed by atoms with Crippen LogP contribution in [0.3, 0.4) is 0 Å². The molecule has 0 aliphatic heterocycles. The largest absolute Gasteiger partial charge is 0.504 e. The Morgan fingerprint density at radius 2 is 2.00 bits per heavy atom. The number of benzene rings is 2. The molecule has 0 saturated carbocycles. The summed E-state index contributed by atoms with van der Waals surface area (Å²) in [5, 5.41) is 23.0. The SMILES string of the molecule is CCOc1cccc(C=NNC(=O)CSc2nnc(SCc3ccccc3Cl)s2)c1O. The number of aromatic hydroxyl groups is 1. The van der Waals surface area contributed by atoms with E-state index in [1.807, 2.05) is 31.2 Å². The van der Waals surface area contributed by atoms with Crippen LogP contribution < -0.4 is 10.2 Å². The first-order chi connectivity index (χ1) is 15.1. The van der Waals surface area contributed by atoms with Crippen LogP contribution in [0.1, 0.15) is 18.1 Å². The van der Waals surface area contributed by atoms with Gasteiger partial charge in [-0.15, -0.1) is 10.2 Å². The third-order valence-corrected chi connectivity index (χ3v) is 7.35. The van der Waals surface area contributed by atoms with Crippen molar-refractivity contribution in [2.45, 2.75) is 21.4 Å². The molecule has 3 aromatic rings. The zero-order valence-electron chi connectivity index (χ0n) is 16.4. The van der Waals surface area contributed by atoms with E-state index in [-0.39, 0.29) is 17.4 Å². The molecule has 1 heterocycles. The second kappa shape index (κ2) is 11.9. The van der Waals surface area contributed by atoms with Crippen LogP contribution in [-0.4, -0.2) is 39.8 Å². The van der Waals surface area contributed by atoms with Crippen molar-refractivity contribution in [3.05, 3.63) is 58.6 Å². The van der Waals surface area contributed by atoms with Gasteiger partial charge in [-0.2, -0.15) is 5.10 Å². The molecule has 0 aliphatic rings. The standard InChI is InChI=1S/C20H19ClN4O3S3/c1-2-28-16-9-5-7-13(18(16)27)10-22-23-17(26)12-30-20-25-24-19(31-20)29-11-14-6-3-4-8-15(14)21/h3-10,27H,2,11-12H2,1H3,(H,23,26). The third-order valence-electron chi connectivity index (χ3n) is 3.75. The Kier molecular flexibility index (Phi) is 9.01. The summed E-state index contributed by atoms with van der Waals surface area (Å²) in [6.07, 6.45) is 1.37. The number of carbonyl (C=O) groups is 1. The lowest BCUT2D eigenvalue weighted by atomic mass is 10.2. The van der Waals surface area contributed by atoms with Crippen LogP contribution in [0.2, 0.25) is 5.02 Å². The molecule has 11 heteroatoms. The smallest absolute Gasteiger partial charge is 0.250 e. The fourth-order valence-corrected chi connectivity index (χ4v) is 5.42. The number of aromatic nitrogens is 2. The molecule has 3 rings (SSSR count). The Balaban J connectivity index is 1.44. The maximum absolute atomic E-state index is 12.0. The number of rotatable bonds is 10. The van der Waals surface area contributed by atoms with E-state index in [1.54, 1.807) is 30.0 Å². The lowest BCUT2D eigenvalue weighted by Crippen LogP contribution is -2.19. The highest BCUT2D eigenvalue weighted by atomic mass is 35.5. The molecule has 0 unspecified atom stereocenters. The van der Waals surface area contributed by atoms with Gasteiger partial charge in [0, 0.05) is 16.3 Å². The van der Waals surface area contributed by atoms with Crippen molar-refractivity contribution in [2.24, 2.45) is 5.10 Å². The highest BCUT2D eigenvalue weighted by Crippen LogP contribution is 2.32. The first-order valence-corrected chi connectivity index (χ1v) is 12.3. The lowest BCUT2D eigenvalue weighted by molar-refractivity contribution is -0.118. The number of ether oxygens (including phenoxy) is 1. The topological polar surface area (TPSA) is 96.7 Å². The molecule has 7 nitrogen and oxygen atoms in total. The number of carbonyl (C=O) groups excluding carboxylic acids is 1. The van der Waals surface area contributed by atoms with Crippen molar-refractivity contribution in [3.63, 3.8) is 0 Å². The van der Waals surface area contributed by atoms with E-state index >= 15 is 0 Å². The molecule has 31 heavy (non-hydrogen) atoms. The molecule has 0 radical (unpaired) electrons. The summed E-state index contributed by atoms with van der Waals surface area (Å²) < 4.78 is 6.83. The number of hydrazone groups is 1. The zero-order valence-corrected chi connectivity index (χ0v) is 19.7. The van der Waals surface area contributed by atoms with Gasteiger partial charge in [0.25, 0.3) is 5.91 Å². The average Bonchev–Trinajstić information content (AvgIpc) is 3.22. The first-order valence-electron chi connectivity index (χ1n) is 9.16. The molecule has 1 amide bonds. The Morgan fingerprint density at radius 1 is 1.23 bits per heavy atom. The quantitative estimate of drug-likeness (QED) is 0.236. The van der Waals surface area contributed by atoms with Crippen molar-refractivity contribution >= 4 is 58.6 Å². The van der Waals surface area contributed by atoms with E-state index in [0.717, 1.165) is 14.9 Å². The third kappa shape index (κ3) is 7.13. The van der Waals surface area contributed by atoms with Gasteiger partial charge >= 0.3 is 0 Å². The number of para-hydroxylation sites is 1. The number of nitrogens with zero attached hydrogens (tertiary/aromatic N) is 3. The Bertz CT molecular complexity index is 1060. The second-order valence-electron chi connectivity index (χ2n) is 5.92. The molecule has 0 spiro atoms. The molecule has 0 atom stereocenters. The van der Waals surface area contributed by atoms with Gasteiger partial charge in [-0.05, 0) is 30.7 Å². The minimum Gasteiger partial charge on any atom is -0.504 e. The van der Waals surface area contributed by atoms with Gasteiger partial charge in [0.1, 0.15) is 0 Å². The van der Waals surface area contributed by atoms with Crippen LogP contribution in [-0.2, 0) is 10.5 Å². The summed E-state index contributed by atoms with van der Waals surface area (Å²) in [5.74, 6) is 0.903. The monoisotopic (exact) mass is 494 g/mol. The van der Waals surface area contributed by atoms with E-state index in [1.165, 1.54) is 29.3 Å². The van der Waals surface area contributed by atoms with Crippen molar-refractivity contribution in [1.82, 2.24) is 15.6 Å². The molecular formula is C20H19ClN4O3S3. The Morgan fingerprint density at radius 3 is 2.77 bits per heavy atom. The van der Waals surface area contributed by atoms with E-state index in [2.05, 4.69) is 20.7 Å². The number of hydrogen-bond donors (Lipinski definition) is 2.